The number of nitrogens with zero attached hydrogens (tertiary/aromatic N) is 1. The van der Waals surface area contributed by atoms with Crippen LogP contribution in [0, 0.1) is 5.41 Å². The van der Waals surface area contributed by atoms with E-state index in [2.05, 4.69) is 22.4 Å². The minimum atomic E-state index is 0.0847. The number of pyridine rings is 1. The smallest absolute Gasteiger partial charge is 0.0751 e. The highest BCUT2D eigenvalue weighted by Crippen LogP contribution is 2.44. The van der Waals surface area contributed by atoms with Crippen LogP contribution in [0.15, 0.2) is 54.7 Å². The van der Waals surface area contributed by atoms with E-state index in [4.69, 9.17) is 0 Å². The maximum atomic E-state index is 9.45. The summed E-state index contributed by atoms with van der Waals surface area (Å²) in [6, 6.07) is 16.4. The molecular weight excluding hydrogens is 248 g/mol. The van der Waals surface area contributed by atoms with E-state index in [0.29, 0.717) is 0 Å². The molecule has 1 saturated carbocycles. The highest BCUT2D eigenvalue weighted by atomic mass is 16.3. The van der Waals surface area contributed by atoms with Crippen molar-refractivity contribution in [3.63, 3.8) is 0 Å². The zero-order chi connectivity index (χ0) is 13.8. The molecule has 1 aliphatic rings. The molecule has 0 spiro atoms. The monoisotopic (exact) mass is 268 g/mol. The molecule has 20 heavy (non-hydrogen) atoms. The molecule has 1 fully saturated rings. The molecule has 2 aromatic rings. The molecule has 1 atom stereocenters. The minimum Gasteiger partial charge on any atom is -0.396 e. The van der Waals surface area contributed by atoms with Crippen LogP contribution in [-0.4, -0.2) is 23.2 Å². The Morgan fingerprint density at radius 3 is 2.45 bits per heavy atom. The average Bonchev–Trinajstić information content (AvgIpc) is 3.30. The van der Waals surface area contributed by atoms with Gasteiger partial charge in [0, 0.05) is 24.8 Å². The van der Waals surface area contributed by atoms with Gasteiger partial charge < -0.3 is 10.4 Å². The van der Waals surface area contributed by atoms with Crippen LogP contribution in [0.25, 0.3) is 0 Å². The minimum absolute atomic E-state index is 0.0847. The molecule has 0 radical (unpaired) electrons. The van der Waals surface area contributed by atoms with E-state index in [1.807, 2.05) is 42.6 Å². The molecule has 0 aliphatic heterocycles. The summed E-state index contributed by atoms with van der Waals surface area (Å²) < 4.78 is 0. The quantitative estimate of drug-likeness (QED) is 0.846. The Hall–Kier alpha value is -1.71. The van der Waals surface area contributed by atoms with Gasteiger partial charge in [-0.1, -0.05) is 36.4 Å². The van der Waals surface area contributed by atoms with Gasteiger partial charge in [0.2, 0.25) is 0 Å². The lowest BCUT2D eigenvalue weighted by Crippen LogP contribution is -2.31. The van der Waals surface area contributed by atoms with Crippen molar-refractivity contribution < 1.29 is 5.11 Å². The molecule has 3 heteroatoms. The molecule has 0 saturated heterocycles. The van der Waals surface area contributed by atoms with Crippen molar-refractivity contribution in [2.75, 3.05) is 13.2 Å². The summed E-state index contributed by atoms with van der Waals surface area (Å²) in [7, 11) is 0. The molecule has 2 N–H and O–H groups in total. The SMILES string of the molecule is OCC1(CNC(c2ccccc2)c2ccccn2)CC1. The maximum Gasteiger partial charge on any atom is 0.0751 e. The highest BCUT2D eigenvalue weighted by Gasteiger charge is 2.42. The number of benzene rings is 1. The number of aromatic nitrogens is 1. The summed E-state index contributed by atoms with van der Waals surface area (Å²) in [5.41, 5.74) is 2.33. The molecular formula is C17H20N2O. The van der Waals surface area contributed by atoms with Crippen molar-refractivity contribution >= 4 is 0 Å². The van der Waals surface area contributed by atoms with E-state index in [1.165, 1.54) is 5.56 Å². The third kappa shape index (κ3) is 2.89. The van der Waals surface area contributed by atoms with E-state index in [1.54, 1.807) is 0 Å². The van der Waals surface area contributed by atoms with Gasteiger partial charge in [0.05, 0.1) is 11.7 Å². The zero-order valence-electron chi connectivity index (χ0n) is 11.5. The Balaban J connectivity index is 1.81. The van der Waals surface area contributed by atoms with E-state index in [0.717, 1.165) is 25.1 Å². The number of hydrogen-bond acceptors (Lipinski definition) is 3. The van der Waals surface area contributed by atoms with E-state index in [-0.39, 0.29) is 18.1 Å². The fourth-order valence-electron chi connectivity index (χ4n) is 2.47. The third-order valence-corrected chi connectivity index (χ3v) is 4.09. The lowest BCUT2D eigenvalue weighted by atomic mass is 10.0. The van der Waals surface area contributed by atoms with Crippen LogP contribution < -0.4 is 5.32 Å². The predicted octanol–water partition coefficient (Wildman–Crippen LogP) is 2.53. The van der Waals surface area contributed by atoms with Gasteiger partial charge in [-0.2, -0.15) is 0 Å². The molecule has 0 bridgehead atoms. The van der Waals surface area contributed by atoms with Crippen LogP contribution in [0.3, 0.4) is 0 Å². The molecule has 1 unspecified atom stereocenters. The van der Waals surface area contributed by atoms with Gasteiger partial charge in [0.25, 0.3) is 0 Å². The van der Waals surface area contributed by atoms with Crippen molar-refractivity contribution in [3.8, 4) is 0 Å². The second-order valence-electron chi connectivity index (χ2n) is 5.64. The van der Waals surface area contributed by atoms with Crippen molar-refractivity contribution in [2.45, 2.75) is 18.9 Å². The summed E-state index contributed by atoms with van der Waals surface area (Å²) in [5, 5.41) is 13.0. The number of aliphatic hydroxyl groups excluding tert-OH is 1. The summed E-state index contributed by atoms with van der Waals surface area (Å²) in [4.78, 5) is 4.48. The van der Waals surface area contributed by atoms with Crippen LogP contribution in [0.5, 0.6) is 0 Å². The van der Waals surface area contributed by atoms with Crippen LogP contribution in [0.1, 0.15) is 30.1 Å². The third-order valence-electron chi connectivity index (χ3n) is 4.09. The summed E-state index contributed by atoms with van der Waals surface area (Å²) in [6.07, 6.45) is 4.05. The summed E-state index contributed by atoms with van der Waals surface area (Å²) in [6.45, 7) is 1.10. The van der Waals surface area contributed by atoms with E-state index < -0.39 is 0 Å². The first-order valence-electron chi connectivity index (χ1n) is 7.13. The average molecular weight is 268 g/mol. The first kappa shape index (κ1) is 13.3. The Labute approximate surface area is 119 Å². The molecule has 1 aromatic carbocycles. The van der Waals surface area contributed by atoms with Gasteiger partial charge in [-0.15, -0.1) is 0 Å². The van der Waals surface area contributed by atoms with E-state index in [9.17, 15) is 5.11 Å². The fourth-order valence-corrected chi connectivity index (χ4v) is 2.47. The molecule has 1 aromatic heterocycles. The van der Waals surface area contributed by atoms with Crippen LogP contribution in [-0.2, 0) is 0 Å². The van der Waals surface area contributed by atoms with Crippen LogP contribution in [0.4, 0.5) is 0 Å². The lowest BCUT2D eigenvalue weighted by molar-refractivity contribution is 0.205. The number of nitrogens with one attached hydrogen (secondary N) is 1. The topological polar surface area (TPSA) is 45.1 Å². The van der Waals surface area contributed by atoms with Crippen molar-refractivity contribution in [2.24, 2.45) is 5.41 Å². The molecule has 3 rings (SSSR count). The first-order chi connectivity index (χ1) is 9.83. The molecule has 1 heterocycles. The Morgan fingerprint density at radius 2 is 1.85 bits per heavy atom. The molecule has 104 valence electrons. The fraction of sp³-hybridized carbons (Fsp3) is 0.353. The number of aliphatic hydroxyl groups is 1. The predicted molar refractivity (Wildman–Crippen MR) is 79.3 cm³/mol. The normalized spacial score (nSPS) is 17.6. The Bertz CT molecular complexity index is 498. The second-order valence-corrected chi connectivity index (χ2v) is 5.64. The first-order valence-corrected chi connectivity index (χ1v) is 7.13. The number of hydrogen-bond donors (Lipinski definition) is 2. The van der Waals surface area contributed by atoms with Crippen LogP contribution in [0.2, 0.25) is 0 Å². The largest absolute Gasteiger partial charge is 0.396 e. The van der Waals surface area contributed by atoms with Gasteiger partial charge in [0.1, 0.15) is 0 Å². The molecule has 0 amide bonds. The van der Waals surface area contributed by atoms with Gasteiger partial charge in [-0.3, -0.25) is 4.98 Å². The molecule has 3 nitrogen and oxygen atoms in total. The van der Waals surface area contributed by atoms with Gasteiger partial charge in [0.15, 0.2) is 0 Å². The molecule has 1 aliphatic carbocycles. The summed E-state index contributed by atoms with van der Waals surface area (Å²) >= 11 is 0. The summed E-state index contributed by atoms with van der Waals surface area (Å²) in [5.74, 6) is 0. The zero-order valence-corrected chi connectivity index (χ0v) is 11.5. The van der Waals surface area contributed by atoms with Gasteiger partial charge in [-0.25, -0.2) is 0 Å². The highest BCUT2D eigenvalue weighted by molar-refractivity contribution is 5.27. The second kappa shape index (κ2) is 5.73. The number of rotatable bonds is 6. The van der Waals surface area contributed by atoms with Gasteiger partial charge in [-0.05, 0) is 30.5 Å². The van der Waals surface area contributed by atoms with Crippen molar-refractivity contribution in [1.82, 2.24) is 10.3 Å². The Morgan fingerprint density at radius 1 is 1.10 bits per heavy atom. The maximum absolute atomic E-state index is 9.45. The Kier molecular flexibility index (Phi) is 3.81. The standard InChI is InChI=1S/C17H20N2O/c20-13-17(9-10-17)12-19-16(14-6-2-1-3-7-14)15-8-4-5-11-18-15/h1-8,11,16,19-20H,9-10,12-13H2. The van der Waals surface area contributed by atoms with Gasteiger partial charge >= 0.3 is 0 Å². The van der Waals surface area contributed by atoms with Crippen molar-refractivity contribution in [1.29, 1.82) is 0 Å². The lowest BCUT2D eigenvalue weighted by Gasteiger charge is -2.22. The van der Waals surface area contributed by atoms with Crippen molar-refractivity contribution in [3.05, 3.63) is 66.0 Å². The van der Waals surface area contributed by atoms with Crippen LogP contribution >= 0.6 is 0 Å². The van der Waals surface area contributed by atoms with E-state index >= 15 is 0 Å².